The number of carbonyl (C=O) groups excluding carboxylic acids is 3. The van der Waals surface area contributed by atoms with Gasteiger partial charge in [0.2, 0.25) is 0 Å². The van der Waals surface area contributed by atoms with E-state index in [1.807, 2.05) is 13.8 Å². The fourth-order valence-corrected chi connectivity index (χ4v) is 8.97. The summed E-state index contributed by atoms with van der Waals surface area (Å²) in [6, 6.07) is 9.89. The number of pyridine rings is 1. The molecule has 2 aliphatic carbocycles. The van der Waals surface area contributed by atoms with Gasteiger partial charge in [0, 0.05) is 47.5 Å². The second-order valence-electron chi connectivity index (χ2n) is 16.0. The number of nitro benzene ring substituents is 1. The quantitative estimate of drug-likeness (QED) is 0.112. The maximum atomic E-state index is 13.9. The summed E-state index contributed by atoms with van der Waals surface area (Å²) in [5, 5.41) is 23.7. The van der Waals surface area contributed by atoms with E-state index in [1.54, 1.807) is 52.9 Å². The molecule has 3 unspecified atom stereocenters. The molecule has 8 atom stereocenters. The molecule has 3 heterocycles. The van der Waals surface area contributed by atoms with E-state index >= 15 is 0 Å². The highest BCUT2D eigenvalue weighted by Gasteiger charge is 2.71. The van der Waals surface area contributed by atoms with Crippen LogP contribution in [0.15, 0.2) is 64.1 Å². The Morgan fingerprint density at radius 2 is 1.70 bits per heavy atom. The Hall–Kier alpha value is -5.11. The minimum Gasteiger partial charge on any atom is -0.482 e. The van der Waals surface area contributed by atoms with Crippen molar-refractivity contribution in [2.75, 3.05) is 6.61 Å². The molecule has 2 aromatic heterocycles. The Kier molecular flexibility index (Phi) is 10.2. The van der Waals surface area contributed by atoms with E-state index < -0.39 is 86.9 Å². The lowest BCUT2D eigenvalue weighted by molar-refractivity contribution is -0.384. The van der Waals surface area contributed by atoms with Gasteiger partial charge in [-0.1, -0.05) is 41.5 Å². The SMILES string of the molecule is CC(C)C(=O)OCC1(C)C2C[C@H](OC(=O)c3ccc([N+](=O)[O-])cc3)[C@@]3(C)Oc4cc(-c5cccnc5)oc(=O)c4[C@H](O)C3[C@@]2(C)CC[C@@H]1OC(=O)C(C)C. The van der Waals surface area contributed by atoms with Crippen LogP contribution in [-0.2, 0) is 23.8 Å². The fraction of sp³-hybridized carbons (Fsp3) is 0.525. The van der Waals surface area contributed by atoms with Crippen LogP contribution in [-0.4, -0.2) is 57.3 Å². The summed E-state index contributed by atoms with van der Waals surface area (Å²) in [6.45, 7) is 12.3. The number of rotatable bonds is 9. The summed E-state index contributed by atoms with van der Waals surface area (Å²) < 4.78 is 30.8. The molecule has 0 amide bonds. The third-order valence-electron chi connectivity index (χ3n) is 11.8. The molecule has 0 radical (unpaired) electrons. The number of aromatic nitrogens is 1. The maximum absolute atomic E-state index is 13.9. The number of carbonyl (C=O) groups is 3. The van der Waals surface area contributed by atoms with E-state index in [1.165, 1.54) is 36.5 Å². The first-order valence-corrected chi connectivity index (χ1v) is 18.2. The first-order valence-electron chi connectivity index (χ1n) is 18.2. The molecular formula is C40H46N2O12. The predicted octanol–water partition coefficient (Wildman–Crippen LogP) is 6.23. The van der Waals surface area contributed by atoms with Crippen LogP contribution in [0.1, 0.15) is 89.8 Å². The molecule has 2 saturated carbocycles. The molecule has 1 aromatic carbocycles. The van der Waals surface area contributed by atoms with Crippen LogP contribution in [0.3, 0.4) is 0 Å². The van der Waals surface area contributed by atoms with Gasteiger partial charge >= 0.3 is 23.5 Å². The number of nitrogens with zero attached hydrogens (tertiary/aromatic N) is 2. The van der Waals surface area contributed by atoms with Crippen LogP contribution in [0.4, 0.5) is 5.69 Å². The molecule has 2 fully saturated rings. The fourth-order valence-electron chi connectivity index (χ4n) is 8.97. The summed E-state index contributed by atoms with van der Waals surface area (Å²) in [5.74, 6) is -3.77. The van der Waals surface area contributed by atoms with E-state index in [4.69, 9.17) is 23.4 Å². The van der Waals surface area contributed by atoms with Gasteiger partial charge in [-0.25, -0.2) is 9.59 Å². The Labute approximate surface area is 312 Å². The Balaban J connectivity index is 1.49. The third kappa shape index (κ3) is 6.65. The molecule has 3 aliphatic rings. The van der Waals surface area contributed by atoms with Crippen LogP contribution >= 0.6 is 0 Å². The third-order valence-corrected chi connectivity index (χ3v) is 11.8. The molecule has 0 spiro atoms. The molecule has 0 bridgehead atoms. The number of hydrogen-bond acceptors (Lipinski definition) is 13. The van der Waals surface area contributed by atoms with Crippen LogP contribution in [0.5, 0.6) is 5.75 Å². The van der Waals surface area contributed by atoms with Crippen molar-refractivity contribution >= 4 is 23.6 Å². The number of fused-ring (bicyclic) bond motifs is 4. The zero-order valence-corrected chi connectivity index (χ0v) is 31.4. The van der Waals surface area contributed by atoms with E-state index in [9.17, 15) is 34.4 Å². The largest absolute Gasteiger partial charge is 0.482 e. The standard InChI is InChI=1S/C40H46N2O12/c1-21(2)34(44)50-20-39(6)28-18-30(53-36(46)23-10-12-25(13-11-23)42(48)49)40(7)33(38(28,5)15-14-29(39)52-35(45)22(3)4)32(43)31-27(54-40)17-26(51-37(31)47)24-9-8-16-41-19-24/h8-13,16-17,19,21-22,28-30,32-33,43H,14-15,18,20H2,1-7H3/t28?,29-,30-,32-,33?,38-,39?,40+/m0/s1. The number of benzene rings is 1. The van der Waals surface area contributed by atoms with Crippen molar-refractivity contribution in [3.05, 3.63) is 86.5 Å². The van der Waals surface area contributed by atoms with Crippen molar-refractivity contribution in [3.8, 4) is 17.1 Å². The molecule has 1 N–H and O–H groups in total. The summed E-state index contributed by atoms with van der Waals surface area (Å²) in [5.41, 5.74) is -3.95. The van der Waals surface area contributed by atoms with Crippen LogP contribution < -0.4 is 10.4 Å². The van der Waals surface area contributed by atoms with E-state index in [0.29, 0.717) is 18.4 Å². The van der Waals surface area contributed by atoms with Gasteiger partial charge in [0.1, 0.15) is 41.5 Å². The van der Waals surface area contributed by atoms with E-state index in [-0.39, 0.29) is 41.4 Å². The lowest BCUT2D eigenvalue weighted by Crippen LogP contribution is -2.71. The topological polar surface area (TPSA) is 195 Å². The van der Waals surface area contributed by atoms with Gasteiger partial charge < -0.3 is 28.5 Å². The van der Waals surface area contributed by atoms with Crippen molar-refractivity contribution in [2.24, 2.45) is 34.5 Å². The van der Waals surface area contributed by atoms with Gasteiger partial charge in [0.05, 0.1) is 28.4 Å². The number of nitro groups is 1. The average molecular weight is 747 g/mol. The van der Waals surface area contributed by atoms with Crippen LogP contribution in [0.25, 0.3) is 11.3 Å². The summed E-state index contributed by atoms with van der Waals surface area (Å²) in [7, 11) is 0. The lowest BCUT2D eigenvalue weighted by atomic mass is 9.42. The molecule has 0 saturated heterocycles. The van der Waals surface area contributed by atoms with Gasteiger partial charge in [-0.15, -0.1) is 0 Å². The van der Waals surface area contributed by atoms with Crippen molar-refractivity contribution in [1.82, 2.24) is 4.98 Å². The highest BCUT2D eigenvalue weighted by Crippen LogP contribution is 2.67. The normalized spacial score (nSPS) is 29.9. The minimum atomic E-state index is -1.47. The summed E-state index contributed by atoms with van der Waals surface area (Å²) in [4.78, 5) is 68.5. The smallest absolute Gasteiger partial charge is 0.345 e. The Morgan fingerprint density at radius 3 is 2.31 bits per heavy atom. The second kappa shape index (κ2) is 14.3. The second-order valence-corrected chi connectivity index (χ2v) is 16.0. The molecule has 6 rings (SSSR count). The summed E-state index contributed by atoms with van der Waals surface area (Å²) in [6.07, 6.45) is 0.671. The first-order chi connectivity index (χ1) is 25.4. The number of non-ortho nitro benzene ring substituents is 1. The zero-order chi connectivity index (χ0) is 39.3. The number of hydrogen-bond donors (Lipinski definition) is 1. The van der Waals surface area contributed by atoms with Crippen molar-refractivity contribution in [3.63, 3.8) is 0 Å². The minimum absolute atomic E-state index is 0.0476. The lowest BCUT2D eigenvalue weighted by Gasteiger charge is -2.66. The van der Waals surface area contributed by atoms with Gasteiger partial charge in [-0.2, -0.15) is 0 Å². The monoisotopic (exact) mass is 746 g/mol. The van der Waals surface area contributed by atoms with E-state index in [2.05, 4.69) is 4.98 Å². The van der Waals surface area contributed by atoms with Crippen molar-refractivity contribution < 1.29 is 47.8 Å². The van der Waals surface area contributed by atoms with Crippen molar-refractivity contribution in [2.45, 2.75) is 91.6 Å². The molecule has 14 heteroatoms. The first kappa shape index (κ1) is 38.6. The Bertz CT molecular complexity index is 2000. The van der Waals surface area contributed by atoms with Crippen molar-refractivity contribution in [1.29, 1.82) is 0 Å². The molecular weight excluding hydrogens is 700 g/mol. The molecule has 288 valence electrons. The maximum Gasteiger partial charge on any atom is 0.345 e. The zero-order valence-electron chi connectivity index (χ0n) is 31.4. The van der Waals surface area contributed by atoms with Gasteiger partial charge in [0.15, 0.2) is 0 Å². The predicted molar refractivity (Wildman–Crippen MR) is 192 cm³/mol. The van der Waals surface area contributed by atoms with Gasteiger partial charge in [-0.05, 0) is 61.8 Å². The number of esters is 3. The summed E-state index contributed by atoms with van der Waals surface area (Å²) >= 11 is 0. The Morgan fingerprint density at radius 1 is 1.02 bits per heavy atom. The molecule has 1 aliphatic heterocycles. The highest BCUT2D eigenvalue weighted by molar-refractivity contribution is 5.89. The van der Waals surface area contributed by atoms with E-state index in [0.717, 1.165) is 0 Å². The number of aliphatic hydroxyl groups is 1. The highest BCUT2D eigenvalue weighted by atomic mass is 16.6. The molecule has 14 nitrogen and oxygen atoms in total. The number of ether oxygens (including phenoxy) is 4. The average Bonchev–Trinajstić information content (AvgIpc) is 3.12. The van der Waals surface area contributed by atoms with Crippen LogP contribution in [0.2, 0.25) is 0 Å². The number of aliphatic hydroxyl groups excluding tert-OH is 1. The molecule has 3 aromatic rings. The van der Waals surface area contributed by atoms with Crippen LogP contribution in [0, 0.1) is 44.6 Å². The van der Waals surface area contributed by atoms with Gasteiger partial charge in [0.25, 0.3) is 5.69 Å². The molecule has 54 heavy (non-hydrogen) atoms. The van der Waals surface area contributed by atoms with Gasteiger partial charge in [-0.3, -0.25) is 24.7 Å².